The smallest absolute Gasteiger partial charge is 0.115 e. The molecular weight excluding hydrogens is 309 g/mol. The fourth-order valence-corrected chi connectivity index (χ4v) is 0.856. The van der Waals surface area contributed by atoms with Gasteiger partial charge in [0.15, 0.2) is 0 Å². The molecule has 0 aliphatic heterocycles. The van der Waals surface area contributed by atoms with E-state index in [-0.39, 0.29) is 52.7 Å². The Morgan fingerprint density at radius 3 is 0.889 bits per heavy atom. The average molecular weight is 326 g/mol. The van der Waals surface area contributed by atoms with Crippen molar-refractivity contribution in [3.8, 4) is 11.5 Å². The van der Waals surface area contributed by atoms with Gasteiger partial charge in [-0.05, 0) is 24.3 Å². The van der Waals surface area contributed by atoms with Crippen LogP contribution < -0.4 is 6.15 Å². The van der Waals surface area contributed by atoms with Gasteiger partial charge in [0.25, 0.3) is 0 Å². The third-order valence-electron chi connectivity index (χ3n) is 1.51. The van der Waals surface area contributed by atoms with Crippen molar-refractivity contribution < 1.29 is 31.9 Å². The van der Waals surface area contributed by atoms with Gasteiger partial charge in [0.1, 0.15) is 11.5 Å². The minimum atomic E-state index is 0. The Labute approximate surface area is 135 Å². The molecule has 0 unspecified atom stereocenters. The number of benzene rings is 2. The van der Waals surface area contributed by atoms with Crippen LogP contribution in [-0.4, -0.2) is 10.2 Å². The Bertz CT molecular complexity index is 325. The number of hydrogen-bond donors (Lipinski definition) is 3. The summed E-state index contributed by atoms with van der Waals surface area (Å²) in [7, 11) is 0. The second-order valence-corrected chi connectivity index (χ2v) is 2.67. The summed E-state index contributed by atoms with van der Waals surface area (Å²) in [6.07, 6.45) is 0. The first-order valence-electron chi connectivity index (χ1n) is 4.27. The van der Waals surface area contributed by atoms with Gasteiger partial charge < -0.3 is 16.4 Å². The average Bonchev–Trinajstić information content (AvgIpc) is 2.21. The molecule has 0 aliphatic carbocycles. The molecule has 2 rings (SSSR count). The number of phenolic OH excluding ortho intramolecular Hbond substituents is 2. The molecule has 2 aromatic rings. The van der Waals surface area contributed by atoms with E-state index in [9.17, 15) is 0 Å². The summed E-state index contributed by atoms with van der Waals surface area (Å²) in [5.74, 6) is 0.644. The minimum Gasteiger partial charge on any atom is -0.508 e. The summed E-state index contributed by atoms with van der Waals surface area (Å²) in [4.78, 5) is 0. The summed E-state index contributed by atoms with van der Waals surface area (Å²) in [5.41, 5.74) is 0. The maximum atomic E-state index is 8.63. The van der Waals surface area contributed by atoms with E-state index in [1.165, 1.54) is 0 Å². The van der Waals surface area contributed by atoms with Crippen LogP contribution in [0.4, 0.5) is 0 Å². The van der Waals surface area contributed by atoms with Crippen molar-refractivity contribution in [3.05, 3.63) is 60.7 Å². The molecule has 0 radical (unpaired) electrons. The molecule has 18 heavy (non-hydrogen) atoms. The fourth-order valence-electron chi connectivity index (χ4n) is 0.856. The number of para-hydroxylation sites is 2. The van der Waals surface area contributed by atoms with Crippen molar-refractivity contribution in [1.82, 2.24) is 6.15 Å². The largest absolute Gasteiger partial charge is 0.508 e. The topological polar surface area (TPSA) is 75.5 Å². The van der Waals surface area contributed by atoms with Crippen LogP contribution in [0.1, 0.15) is 0 Å². The van der Waals surface area contributed by atoms with E-state index in [1.807, 2.05) is 12.1 Å². The Balaban J connectivity index is -0.0000000891. The van der Waals surface area contributed by atoms with Gasteiger partial charge in [-0.2, -0.15) is 0 Å². The normalized spacial score (nSPS) is 6.67. The molecule has 0 fully saturated rings. The van der Waals surface area contributed by atoms with Gasteiger partial charge in [0.05, 0.1) is 0 Å². The van der Waals surface area contributed by atoms with E-state index in [4.69, 9.17) is 10.2 Å². The van der Waals surface area contributed by atoms with Gasteiger partial charge in [-0.1, -0.05) is 36.4 Å². The molecule has 0 saturated heterocycles. The van der Waals surface area contributed by atoms with Crippen LogP contribution in [0.3, 0.4) is 0 Å². The van der Waals surface area contributed by atoms with Crippen molar-refractivity contribution in [2.75, 3.05) is 0 Å². The number of rotatable bonds is 0. The second kappa shape index (κ2) is 16.3. The first-order chi connectivity index (χ1) is 6.79. The van der Waals surface area contributed by atoms with Gasteiger partial charge in [-0.15, -0.1) is 24.8 Å². The van der Waals surface area contributed by atoms with Crippen LogP contribution in [-0.2, 0) is 21.7 Å². The van der Waals surface area contributed by atoms with Crippen molar-refractivity contribution >= 4 is 24.8 Å². The first-order valence-corrected chi connectivity index (χ1v) is 4.27. The van der Waals surface area contributed by atoms with Gasteiger partial charge in [-0.3, -0.25) is 0 Å². The fraction of sp³-hybridized carbons (Fsp3) is 0. The quantitative estimate of drug-likeness (QED) is 0.645. The molecule has 3 nitrogen and oxygen atoms in total. The van der Waals surface area contributed by atoms with Crippen molar-refractivity contribution in [1.29, 1.82) is 0 Å². The Kier molecular flexibility index (Phi) is 23.5. The summed E-state index contributed by atoms with van der Waals surface area (Å²) in [6, 6.07) is 17.4. The molecule has 0 aromatic heterocycles. The molecule has 0 amide bonds. The van der Waals surface area contributed by atoms with Crippen LogP contribution in [0.15, 0.2) is 60.7 Å². The van der Waals surface area contributed by atoms with E-state index >= 15 is 0 Å². The molecule has 0 aliphatic rings. The zero-order valence-electron chi connectivity index (χ0n) is 9.69. The molecule has 0 saturated carbocycles. The third kappa shape index (κ3) is 13.4. The molecule has 0 heterocycles. The maximum absolute atomic E-state index is 8.63. The number of halogens is 2. The standard InChI is InChI=1S/2C6H6O.2ClH.H3N.Ti/c2*7-6-4-2-1-3-5-6;;;;/h2*1-5,7H;2*1H;1H3;. The van der Waals surface area contributed by atoms with E-state index < -0.39 is 0 Å². The van der Waals surface area contributed by atoms with Crippen LogP contribution in [0, 0.1) is 0 Å². The number of aromatic hydroxyl groups is 2. The molecule has 0 atom stereocenters. The predicted molar refractivity (Wildman–Crippen MR) is 75.7 cm³/mol. The Morgan fingerprint density at radius 2 is 0.778 bits per heavy atom. The molecule has 6 heteroatoms. The molecule has 0 bridgehead atoms. The minimum absolute atomic E-state index is 0. The SMILES string of the molecule is Cl.Cl.N.Oc1ccccc1.Oc1ccccc1.[Ti]. The van der Waals surface area contributed by atoms with Crippen molar-refractivity contribution in [3.63, 3.8) is 0 Å². The summed E-state index contributed by atoms with van der Waals surface area (Å²) in [5, 5.41) is 17.3. The van der Waals surface area contributed by atoms with E-state index in [1.54, 1.807) is 48.5 Å². The van der Waals surface area contributed by atoms with Crippen molar-refractivity contribution in [2.45, 2.75) is 0 Å². The van der Waals surface area contributed by atoms with Gasteiger partial charge >= 0.3 is 0 Å². The van der Waals surface area contributed by atoms with Crippen LogP contribution in [0.2, 0.25) is 0 Å². The van der Waals surface area contributed by atoms with Crippen LogP contribution in [0.5, 0.6) is 11.5 Å². The molecule has 2 aromatic carbocycles. The van der Waals surface area contributed by atoms with E-state index in [0.29, 0.717) is 11.5 Å². The molecular formula is C12H17Cl2NO2Ti. The molecule has 100 valence electrons. The van der Waals surface area contributed by atoms with Gasteiger partial charge in [-0.25, -0.2) is 0 Å². The first kappa shape index (κ1) is 26.0. The van der Waals surface area contributed by atoms with E-state index in [2.05, 4.69) is 0 Å². The summed E-state index contributed by atoms with van der Waals surface area (Å²) >= 11 is 0. The summed E-state index contributed by atoms with van der Waals surface area (Å²) < 4.78 is 0. The number of hydrogen-bond acceptors (Lipinski definition) is 3. The van der Waals surface area contributed by atoms with Crippen LogP contribution in [0.25, 0.3) is 0 Å². The third-order valence-corrected chi connectivity index (χ3v) is 1.51. The predicted octanol–water partition coefficient (Wildman–Crippen LogP) is 3.79. The zero-order valence-corrected chi connectivity index (χ0v) is 12.9. The monoisotopic (exact) mass is 325 g/mol. The molecule has 5 N–H and O–H groups in total. The second-order valence-electron chi connectivity index (χ2n) is 2.67. The van der Waals surface area contributed by atoms with Gasteiger partial charge in [0, 0.05) is 21.7 Å². The van der Waals surface area contributed by atoms with Gasteiger partial charge in [0.2, 0.25) is 0 Å². The maximum Gasteiger partial charge on any atom is 0.115 e. The van der Waals surface area contributed by atoms with E-state index in [0.717, 1.165) is 0 Å². The number of phenols is 2. The summed E-state index contributed by atoms with van der Waals surface area (Å²) in [6.45, 7) is 0. The van der Waals surface area contributed by atoms with Crippen molar-refractivity contribution in [2.24, 2.45) is 0 Å². The molecule has 0 spiro atoms. The Morgan fingerprint density at radius 1 is 0.556 bits per heavy atom. The zero-order chi connectivity index (χ0) is 10.2. The van der Waals surface area contributed by atoms with Crippen LogP contribution >= 0.6 is 24.8 Å². The Hall–Kier alpha value is -0.706.